The average Bonchev–Trinajstić information content (AvgIpc) is 2.79. The van der Waals surface area contributed by atoms with Gasteiger partial charge in [0.2, 0.25) is 5.91 Å². The number of ether oxygens (including phenoxy) is 1. The molecule has 2 N–H and O–H groups in total. The van der Waals surface area contributed by atoms with Gasteiger partial charge in [0.1, 0.15) is 25.4 Å². The van der Waals surface area contributed by atoms with Gasteiger partial charge in [-0.05, 0) is 31.4 Å². The van der Waals surface area contributed by atoms with E-state index in [-0.39, 0.29) is 19.0 Å². The number of nitrogens with one attached hydrogen (secondary N) is 1. The quantitative estimate of drug-likeness (QED) is 0.496. The van der Waals surface area contributed by atoms with Gasteiger partial charge < -0.3 is 15.2 Å². The Balaban J connectivity index is 2.18. The number of amides is 2. The Bertz CT molecular complexity index is 996. The van der Waals surface area contributed by atoms with E-state index in [1.165, 1.54) is 0 Å². The Morgan fingerprint density at radius 3 is 2.31 bits per heavy atom. The number of rotatable bonds is 8. The number of carboxylic acids is 1. The van der Waals surface area contributed by atoms with Crippen molar-refractivity contribution in [2.45, 2.75) is 56.7 Å². The number of nitrogens with zero attached hydrogens (tertiary/aromatic N) is 1. The fourth-order valence-corrected chi connectivity index (χ4v) is 3.57. The van der Waals surface area contributed by atoms with Crippen molar-refractivity contribution < 1.29 is 59.8 Å². The zero-order chi connectivity index (χ0) is 27.3. The normalized spacial score (nSPS) is 17.3. The van der Waals surface area contributed by atoms with Crippen molar-refractivity contribution >= 4 is 23.8 Å². The Morgan fingerprint density at radius 2 is 1.75 bits per heavy atom. The molecule has 1 aliphatic rings. The lowest BCUT2D eigenvalue weighted by Crippen LogP contribution is -2.55. The molecule has 0 aromatic heterocycles. The highest BCUT2D eigenvalue weighted by atomic mass is 19.4. The van der Waals surface area contributed by atoms with E-state index in [9.17, 15) is 49.9 Å². The van der Waals surface area contributed by atoms with E-state index in [2.05, 4.69) is 5.32 Å². The fourth-order valence-electron chi connectivity index (χ4n) is 3.57. The summed E-state index contributed by atoms with van der Waals surface area (Å²) in [7, 11) is 0. The van der Waals surface area contributed by atoms with Gasteiger partial charge in [0, 0.05) is 12.1 Å². The third kappa shape index (κ3) is 7.55. The van der Waals surface area contributed by atoms with Crippen LogP contribution in [0.25, 0.3) is 0 Å². The van der Waals surface area contributed by atoms with Crippen LogP contribution in [0, 0.1) is 0 Å². The monoisotopic (exact) mass is 530 g/mol. The third-order valence-electron chi connectivity index (χ3n) is 5.35. The molecule has 0 spiro atoms. The van der Waals surface area contributed by atoms with Crippen LogP contribution in [0.5, 0.6) is 0 Å². The summed E-state index contributed by atoms with van der Waals surface area (Å²) < 4.78 is 96.0. The van der Waals surface area contributed by atoms with Crippen LogP contribution in [-0.2, 0) is 38.1 Å². The van der Waals surface area contributed by atoms with Crippen LogP contribution in [0.2, 0.25) is 0 Å². The van der Waals surface area contributed by atoms with E-state index in [1.807, 2.05) is 0 Å². The van der Waals surface area contributed by atoms with Gasteiger partial charge in [0.15, 0.2) is 5.78 Å². The Labute approximate surface area is 199 Å². The Morgan fingerprint density at radius 1 is 1.08 bits per heavy atom. The van der Waals surface area contributed by atoms with Crippen LogP contribution in [0.1, 0.15) is 42.4 Å². The van der Waals surface area contributed by atoms with Crippen LogP contribution >= 0.6 is 0 Å². The standard InChI is InChI=1S/C21H21F7N2O6/c22-9-16(31)14(8-17(32)33)29-18(34)15-3-1-2-6-30(15)19(35)36-10-11-4-5-12(20(23,24)25)7-13(11)21(26,27)28/h4-5,7,14-15H,1-3,6,8-10H2,(H,29,34)(H,32,33)/t14-,15-/m0/s1. The SMILES string of the molecule is O=C(O)C[C@H](NC(=O)[C@@H]1CCCCN1C(=O)OCc1ccc(C(F)(F)F)cc1C(F)(F)F)C(=O)CF. The first-order valence-electron chi connectivity index (χ1n) is 10.5. The summed E-state index contributed by atoms with van der Waals surface area (Å²) in [6.07, 6.45) is -11.6. The summed E-state index contributed by atoms with van der Waals surface area (Å²) in [5.41, 5.74) is -3.95. The number of aliphatic carboxylic acids is 1. The van der Waals surface area contributed by atoms with Gasteiger partial charge >= 0.3 is 24.4 Å². The average molecular weight is 530 g/mol. The molecule has 0 saturated carbocycles. The van der Waals surface area contributed by atoms with Gasteiger partial charge in [-0.1, -0.05) is 6.07 Å². The van der Waals surface area contributed by atoms with Gasteiger partial charge in [-0.15, -0.1) is 0 Å². The number of alkyl halides is 7. The zero-order valence-corrected chi connectivity index (χ0v) is 18.4. The minimum Gasteiger partial charge on any atom is -0.481 e. The van der Waals surface area contributed by atoms with E-state index in [4.69, 9.17) is 9.84 Å². The molecule has 1 fully saturated rings. The smallest absolute Gasteiger partial charge is 0.416 e. The second kappa shape index (κ2) is 11.6. The number of halogens is 7. The van der Waals surface area contributed by atoms with Crippen LogP contribution in [-0.4, -0.2) is 59.1 Å². The minimum atomic E-state index is -5.18. The number of carboxylic acid groups (broad SMARTS) is 1. The molecule has 15 heteroatoms. The largest absolute Gasteiger partial charge is 0.481 e. The Kier molecular flexibility index (Phi) is 9.26. The van der Waals surface area contributed by atoms with E-state index in [0.717, 1.165) is 4.90 Å². The van der Waals surface area contributed by atoms with Gasteiger partial charge in [0.25, 0.3) is 0 Å². The number of hydrogen-bond donors (Lipinski definition) is 2. The summed E-state index contributed by atoms with van der Waals surface area (Å²) in [4.78, 5) is 48.6. The maximum Gasteiger partial charge on any atom is 0.416 e. The van der Waals surface area contributed by atoms with E-state index in [0.29, 0.717) is 25.0 Å². The molecule has 1 saturated heterocycles. The molecule has 1 aromatic rings. The topological polar surface area (TPSA) is 113 Å². The minimum absolute atomic E-state index is 0.0264. The molecule has 0 radical (unpaired) electrons. The molecule has 36 heavy (non-hydrogen) atoms. The zero-order valence-electron chi connectivity index (χ0n) is 18.4. The highest BCUT2D eigenvalue weighted by molar-refractivity contribution is 5.94. The van der Waals surface area contributed by atoms with Crippen LogP contribution < -0.4 is 5.32 Å². The molecule has 8 nitrogen and oxygen atoms in total. The molecule has 1 aliphatic heterocycles. The maximum atomic E-state index is 13.3. The van der Waals surface area contributed by atoms with Gasteiger partial charge in [-0.25, -0.2) is 9.18 Å². The summed E-state index contributed by atoms with van der Waals surface area (Å²) >= 11 is 0. The van der Waals surface area contributed by atoms with Crippen LogP contribution in [0.15, 0.2) is 18.2 Å². The molecule has 2 atom stereocenters. The molecule has 0 bridgehead atoms. The first-order chi connectivity index (χ1) is 16.6. The number of Topliss-reactive ketones (excluding diaryl/α,β-unsaturated/α-hetero) is 1. The molecule has 1 aromatic carbocycles. The van der Waals surface area contributed by atoms with Crippen molar-refractivity contribution in [1.29, 1.82) is 0 Å². The predicted molar refractivity (Wildman–Crippen MR) is 106 cm³/mol. The summed E-state index contributed by atoms with van der Waals surface area (Å²) in [6, 6.07) is -2.19. The van der Waals surface area contributed by atoms with Crippen molar-refractivity contribution in [3.05, 3.63) is 34.9 Å². The van der Waals surface area contributed by atoms with Gasteiger partial charge in [-0.3, -0.25) is 19.3 Å². The van der Waals surface area contributed by atoms with Gasteiger partial charge in [-0.2, -0.15) is 26.3 Å². The second-order valence-electron chi connectivity index (χ2n) is 7.89. The van der Waals surface area contributed by atoms with Crippen LogP contribution in [0.4, 0.5) is 35.5 Å². The number of piperidine rings is 1. The molecule has 2 rings (SSSR count). The van der Waals surface area contributed by atoms with Crippen molar-refractivity contribution in [2.75, 3.05) is 13.2 Å². The van der Waals surface area contributed by atoms with Crippen molar-refractivity contribution in [1.82, 2.24) is 10.2 Å². The van der Waals surface area contributed by atoms with Crippen molar-refractivity contribution in [2.24, 2.45) is 0 Å². The van der Waals surface area contributed by atoms with Crippen molar-refractivity contribution in [3.8, 4) is 0 Å². The fraction of sp³-hybridized carbons (Fsp3) is 0.524. The van der Waals surface area contributed by atoms with Crippen molar-refractivity contribution in [3.63, 3.8) is 0 Å². The summed E-state index contributed by atoms with van der Waals surface area (Å²) in [6.45, 7) is -2.70. The molecule has 0 unspecified atom stereocenters. The van der Waals surface area contributed by atoms with E-state index >= 15 is 0 Å². The number of carbonyl (C=O) groups is 4. The molecule has 0 aliphatic carbocycles. The number of hydrogen-bond acceptors (Lipinski definition) is 5. The van der Waals surface area contributed by atoms with Gasteiger partial charge in [0.05, 0.1) is 17.5 Å². The summed E-state index contributed by atoms with van der Waals surface area (Å²) in [5.74, 6) is -3.71. The van der Waals surface area contributed by atoms with E-state index in [1.54, 1.807) is 0 Å². The Hall–Kier alpha value is -3.39. The first-order valence-corrected chi connectivity index (χ1v) is 10.5. The predicted octanol–water partition coefficient (Wildman–Crippen LogP) is 3.71. The molecule has 1 heterocycles. The maximum absolute atomic E-state index is 13.3. The molecule has 2 amide bonds. The highest BCUT2D eigenvalue weighted by Crippen LogP contribution is 2.37. The van der Waals surface area contributed by atoms with E-state index < -0.39 is 84.6 Å². The summed E-state index contributed by atoms with van der Waals surface area (Å²) in [5, 5.41) is 10.9. The molecular formula is C21H21F7N2O6. The number of carbonyl (C=O) groups excluding carboxylic acids is 3. The lowest BCUT2D eigenvalue weighted by molar-refractivity contribution is -0.144. The molecule has 200 valence electrons. The second-order valence-corrected chi connectivity index (χ2v) is 7.89. The lowest BCUT2D eigenvalue weighted by atomic mass is 10.0. The molecular weight excluding hydrogens is 509 g/mol. The lowest BCUT2D eigenvalue weighted by Gasteiger charge is -2.34. The first kappa shape index (κ1) is 28.8. The number of benzene rings is 1. The highest BCUT2D eigenvalue weighted by Gasteiger charge is 2.39. The van der Waals surface area contributed by atoms with Crippen LogP contribution in [0.3, 0.4) is 0 Å². The third-order valence-corrected chi connectivity index (χ3v) is 5.35. The number of likely N-dealkylation sites (tertiary alicyclic amines) is 1. The number of ketones is 1.